The fourth-order valence-corrected chi connectivity index (χ4v) is 4.26. The number of unbranched alkanes of at least 4 members (excludes halogenated alkanes) is 11. The Kier molecular flexibility index (Phi) is 11.6. The summed E-state index contributed by atoms with van der Waals surface area (Å²) < 4.78 is 36.8. The van der Waals surface area contributed by atoms with Crippen molar-refractivity contribution >= 4 is 10.1 Å². The molecule has 2 aromatic carbocycles. The minimum Gasteiger partial charge on any atom is -0.504 e. The molecule has 0 aromatic heterocycles. The smallest absolute Gasteiger partial charge is 0.294 e. The van der Waals surface area contributed by atoms with Gasteiger partial charge in [-0.15, -0.1) is 0 Å². The van der Waals surface area contributed by atoms with Gasteiger partial charge in [-0.1, -0.05) is 83.6 Å². The lowest BCUT2D eigenvalue weighted by Gasteiger charge is -2.10. The Morgan fingerprint density at radius 2 is 1.28 bits per heavy atom. The van der Waals surface area contributed by atoms with Gasteiger partial charge in [0.25, 0.3) is 10.1 Å². The van der Waals surface area contributed by atoms with E-state index in [1.165, 1.54) is 94.9 Å². The van der Waals surface area contributed by atoms with Crippen LogP contribution in [0.15, 0.2) is 47.4 Å². The van der Waals surface area contributed by atoms with E-state index in [1.807, 2.05) is 6.07 Å². The molecule has 0 heterocycles. The van der Waals surface area contributed by atoms with Crippen molar-refractivity contribution < 1.29 is 22.8 Å². The van der Waals surface area contributed by atoms with E-state index >= 15 is 0 Å². The van der Waals surface area contributed by atoms with Crippen LogP contribution in [0.25, 0.3) is 0 Å². The highest BCUT2D eigenvalue weighted by Gasteiger charge is 2.10. The minimum atomic E-state index is -4.23. The average Bonchev–Trinajstić information content (AvgIpc) is 2.76. The Labute approximate surface area is 193 Å². The Hall–Kier alpha value is -2.05. The molecule has 0 aliphatic carbocycles. The molecule has 0 fully saturated rings. The summed E-state index contributed by atoms with van der Waals surface area (Å²) in [6, 6.07) is 10.8. The second-order valence-corrected chi connectivity index (χ2v) is 9.91. The first-order valence-electron chi connectivity index (χ1n) is 12.0. The SMILES string of the molecule is CCCCCCCCCCCCCCc1ccc(Oc2ccc(S(=O)(=O)O)cc2)c(O)c1. The van der Waals surface area contributed by atoms with Crippen LogP contribution in [0.2, 0.25) is 0 Å². The van der Waals surface area contributed by atoms with Gasteiger partial charge in [0.15, 0.2) is 11.5 Å². The number of aromatic hydroxyl groups is 1. The van der Waals surface area contributed by atoms with Crippen molar-refractivity contribution in [1.82, 2.24) is 0 Å². The van der Waals surface area contributed by atoms with Crippen molar-refractivity contribution in [3.8, 4) is 17.2 Å². The summed E-state index contributed by atoms with van der Waals surface area (Å²) in [6.45, 7) is 2.26. The van der Waals surface area contributed by atoms with E-state index in [1.54, 1.807) is 12.1 Å². The lowest BCUT2D eigenvalue weighted by molar-refractivity contribution is 0.410. The van der Waals surface area contributed by atoms with E-state index in [4.69, 9.17) is 9.29 Å². The van der Waals surface area contributed by atoms with Crippen LogP contribution in [0.5, 0.6) is 17.2 Å². The number of phenolic OH excluding ortho intramolecular Hbond substituents is 1. The van der Waals surface area contributed by atoms with Crippen molar-refractivity contribution in [2.45, 2.75) is 95.3 Å². The zero-order valence-electron chi connectivity index (χ0n) is 19.3. The first-order chi connectivity index (χ1) is 15.4. The maximum atomic E-state index is 11.1. The lowest BCUT2D eigenvalue weighted by atomic mass is 10.0. The molecule has 32 heavy (non-hydrogen) atoms. The van der Waals surface area contributed by atoms with Gasteiger partial charge >= 0.3 is 0 Å². The molecule has 0 aliphatic heterocycles. The van der Waals surface area contributed by atoms with Gasteiger partial charge in [-0.2, -0.15) is 8.42 Å². The molecule has 0 bridgehead atoms. The third-order valence-corrected chi connectivity index (χ3v) is 6.56. The Morgan fingerprint density at radius 3 is 1.78 bits per heavy atom. The maximum absolute atomic E-state index is 11.1. The zero-order chi connectivity index (χ0) is 23.2. The topological polar surface area (TPSA) is 83.8 Å². The third-order valence-electron chi connectivity index (χ3n) is 5.69. The molecule has 0 aliphatic rings. The van der Waals surface area contributed by atoms with Crippen LogP contribution in [0.1, 0.15) is 89.5 Å². The van der Waals surface area contributed by atoms with Crippen LogP contribution < -0.4 is 4.74 Å². The number of rotatable bonds is 16. The summed E-state index contributed by atoms with van der Waals surface area (Å²) in [4.78, 5) is -0.202. The molecule has 0 amide bonds. The van der Waals surface area contributed by atoms with Crippen molar-refractivity contribution in [2.75, 3.05) is 0 Å². The maximum Gasteiger partial charge on any atom is 0.294 e. The van der Waals surface area contributed by atoms with Crippen LogP contribution in [-0.4, -0.2) is 18.1 Å². The molecule has 178 valence electrons. The largest absolute Gasteiger partial charge is 0.504 e. The Bertz CT molecular complexity index is 891. The van der Waals surface area contributed by atoms with E-state index in [0.717, 1.165) is 18.4 Å². The minimum absolute atomic E-state index is 0.0558. The number of hydrogen-bond acceptors (Lipinski definition) is 4. The highest BCUT2D eigenvalue weighted by Crippen LogP contribution is 2.32. The summed E-state index contributed by atoms with van der Waals surface area (Å²) in [7, 11) is -4.23. The predicted octanol–water partition coefficient (Wildman–Crippen LogP) is 7.67. The van der Waals surface area contributed by atoms with Gasteiger partial charge < -0.3 is 9.84 Å². The predicted molar refractivity (Wildman–Crippen MR) is 129 cm³/mol. The average molecular weight is 463 g/mol. The van der Waals surface area contributed by atoms with Gasteiger partial charge in [-0.3, -0.25) is 4.55 Å². The first-order valence-corrected chi connectivity index (χ1v) is 13.4. The monoisotopic (exact) mass is 462 g/mol. The molecule has 5 nitrogen and oxygen atoms in total. The molecule has 0 unspecified atom stereocenters. The molecule has 2 rings (SSSR count). The van der Waals surface area contributed by atoms with E-state index < -0.39 is 10.1 Å². The summed E-state index contributed by atoms with van der Waals surface area (Å²) in [5.41, 5.74) is 1.07. The van der Waals surface area contributed by atoms with Gasteiger partial charge in [-0.05, 0) is 54.8 Å². The molecule has 2 N–H and O–H groups in total. The highest BCUT2D eigenvalue weighted by atomic mass is 32.2. The van der Waals surface area contributed by atoms with Crippen LogP contribution in [0, 0.1) is 0 Å². The number of ether oxygens (including phenoxy) is 1. The van der Waals surface area contributed by atoms with Gasteiger partial charge in [0.2, 0.25) is 0 Å². The second-order valence-electron chi connectivity index (χ2n) is 8.49. The van der Waals surface area contributed by atoms with Crippen molar-refractivity contribution in [1.29, 1.82) is 0 Å². The molecule has 0 saturated heterocycles. The normalized spacial score (nSPS) is 11.6. The second kappa shape index (κ2) is 14.2. The van der Waals surface area contributed by atoms with Crippen molar-refractivity contribution in [2.24, 2.45) is 0 Å². The molecular weight excluding hydrogens is 424 g/mol. The number of hydrogen-bond donors (Lipinski definition) is 2. The van der Waals surface area contributed by atoms with Gasteiger partial charge in [0, 0.05) is 0 Å². The molecule has 0 spiro atoms. The Morgan fingerprint density at radius 1 is 0.750 bits per heavy atom. The highest BCUT2D eigenvalue weighted by molar-refractivity contribution is 7.85. The molecule has 0 atom stereocenters. The molecule has 0 saturated carbocycles. The number of phenols is 1. The third kappa shape index (κ3) is 10.0. The van der Waals surface area contributed by atoms with E-state index in [-0.39, 0.29) is 10.6 Å². The van der Waals surface area contributed by atoms with Crippen LogP contribution in [0.3, 0.4) is 0 Å². The van der Waals surface area contributed by atoms with Gasteiger partial charge in [0.05, 0.1) is 4.90 Å². The number of benzene rings is 2. The molecule has 2 aromatic rings. The van der Waals surface area contributed by atoms with E-state index in [0.29, 0.717) is 11.5 Å². The molecule has 6 heteroatoms. The van der Waals surface area contributed by atoms with Crippen molar-refractivity contribution in [3.05, 3.63) is 48.0 Å². The van der Waals surface area contributed by atoms with Crippen molar-refractivity contribution in [3.63, 3.8) is 0 Å². The zero-order valence-corrected chi connectivity index (χ0v) is 20.1. The summed E-state index contributed by atoms with van der Waals surface area (Å²) in [5, 5.41) is 10.3. The van der Waals surface area contributed by atoms with Gasteiger partial charge in [-0.25, -0.2) is 0 Å². The summed E-state index contributed by atoms with van der Waals surface area (Å²) in [5.74, 6) is 0.741. The Balaban J connectivity index is 1.63. The van der Waals surface area contributed by atoms with Crippen LogP contribution in [-0.2, 0) is 16.5 Å². The standard InChI is InChI=1S/C26H38O5S/c1-2-3-4-5-6-7-8-9-10-11-12-13-14-22-15-20-26(25(27)21-22)31-23-16-18-24(19-17-23)32(28,29)30/h15-21,27H,2-14H2,1H3,(H,28,29,30). The van der Waals surface area contributed by atoms with Crippen LogP contribution in [0.4, 0.5) is 0 Å². The lowest BCUT2D eigenvalue weighted by Crippen LogP contribution is -1.97. The molecule has 0 radical (unpaired) electrons. The first kappa shape index (κ1) is 26.2. The quantitative estimate of drug-likeness (QED) is 0.197. The van der Waals surface area contributed by atoms with E-state index in [2.05, 4.69) is 6.92 Å². The van der Waals surface area contributed by atoms with Crippen LogP contribution >= 0.6 is 0 Å². The fraction of sp³-hybridized carbons (Fsp3) is 0.538. The van der Waals surface area contributed by atoms with Gasteiger partial charge in [0.1, 0.15) is 5.75 Å². The van der Waals surface area contributed by atoms with E-state index in [9.17, 15) is 13.5 Å². The number of aryl methyl sites for hydroxylation is 1. The fourth-order valence-electron chi connectivity index (χ4n) is 3.78. The summed E-state index contributed by atoms with van der Waals surface area (Å²) >= 11 is 0. The molecular formula is C26H38O5S. The summed E-state index contributed by atoms with van der Waals surface area (Å²) in [6.07, 6.45) is 16.7.